The second-order valence-corrected chi connectivity index (χ2v) is 7.05. The maximum Gasteiger partial charge on any atom is 0.323 e. The average molecular weight is 471 g/mol. The molecule has 20 heavy (non-hydrogen) atoms. The molecule has 5 nitrogen and oxygen atoms in total. The number of nitrogens with zero attached hydrogens (tertiary/aromatic N) is 1. The number of urea groups is 1. The van der Waals surface area contributed by atoms with Crippen LogP contribution in [-0.4, -0.2) is 34.6 Å². The van der Waals surface area contributed by atoms with Gasteiger partial charge in [-0.05, 0) is 56.8 Å². The van der Waals surface area contributed by atoms with Crippen molar-refractivity contribution in [1.29, 1.82) is 0 Å². The molecule has 1 aliphatic carbocycles. The number of hydrogen-bond donors (Lipinski definition) is 2. The van der Waals surface area contributed by atoms with E-state index in [1.807, 2.05) is 0 Å². The van der Waals surface area contributed by atoms with E-state index in [-0.39, 0.29) is 12.6 Å². The SMILES string of the molecule is O=C(O)CN(C(=O)Nc1c(Br)cc(Br)cc1Br)C1CC1. The highest BCUT2D eigenvalue weighted by atomic mass is 79.9. The van der Waals surface area contributed by atoms with E-state index in [4.69, 9.17) is 5.11 Å². The first-order valence-electron chi connectivity index (χ1n) is 5.82. The minimum absolute atomic E-state index is 0.0269. The largest absolute Gasteiger partial charge is 0.480 e. The molecule has 2 amide bonds. The number of hydrogen-bond acceptors (Lipinski definition) is 2. The van der Waals surface area contributed by atoms with E-state index < -0.39 is 12.0 Å². The molecule has 1 aromatic rings. The number of carboxylic acid groups (broad SMARTS) is 1. The number of amides is 2. The molecule has 1 fully saturated rings. The normalized spacial score (nSPS) is 13.9. The summed E-state index contributed by atoms with van der Waals surface area (Å²) in [7, 11) is 0. The molecular formula is C12H11Br3N2O3. The van der Waals surface area contributed by atoms with Gasteiger partial charge in [0.1, 0.15) is 6.54 Å². The molecule has 0 saturated heterocycles. The lowest BCUT2D eigenvalue weighted by Gasteiger charge is -2.21. The number of rotatable bonds is 4. The Kier molecular flexibility index (Phi) is 5.09. The predicted octanol–water partition coefficient (Wildman–Crippen LogP) is 4.06. The minimum atomic E-state index is -1.01. The first kappa shape index (κ1) is 15.8. The third-order valence-electron chi connectivity index (χ3n) is 2.79. The summed E-state index contributed by atoms with van der Waals surface area (Å²) < 4.78 is 2.27. The molecule has 2 rings (SSSR count). The zero-order chi connectivity index (χ0) is 14.9. The van der Waals surface area contributed by atoms with Gasteiger partial charge in [0.2, 0.25) is 0 Å². The monoisotopic (exact) mass is 468 g/mol. The van der Waals surface area contributed by atoms with Crippen LogP contribution >= 0.6 is 47.8 Å². The van der Waals surface area contributed by atoms with Gasteiger partial charge in [-0.15, -0.1) is 0 Å². The van der Waals surface area contributed by atoms with Crippen LogP contribution in [0.25, 0.3) is 0 Å². The molecule has 1 aliphatic rings. The summed E-state index contributed by atoms with van der Waals surface area (Å²) in [5, 5.41) is 11.6. The number of benzene rings is 1. The smallest absolute Gasteiger partial charge is 0.323 e. The second-order valence-electron chi connectivity index (χ2n) is 4.43. The van der Waals surface area contributed by atoms with Gasteiger partial charge in [-0.3, -0.25) is 4.79 Å². The number of anilines is 1. The number of halogens is 3. The molecule has 0 spiro atoms. The fourth-order valence-corrected chi connectivity index (χ4v) is 4.20. The Morgan fingerprint density at radius 2 is 1.80 bits per heavy atom. The van der Waals surface area contributed by atoms with Crippen LogP contribution in [0, 0.1) is 0 Å². The number of carbonyl (C=O) groups excluding carboxylic acids is 1. The predicted molar refractivity (Wildman–Crippen MR) is 85.9 cm³/mol. The van der Waals surface area contributed by atoms with Crippen LogP contribution in [0.4, 0.5) is 10.5 Å². The molecule has 0 aromatic heterocycles. The number of carboxylic acids is 1. The third-order valence-corrected chi connectivity index (χ3v) is 4.50. The van der Waals surface area contributed by atoms with Crippen molar-refractivity contribution in [1.82, 2.24) is 4.90 Å². The second kappa shape index (κ2) is 6.44. The third kappa shape index (κ3) is 3.95. The van der Waals surface area contributed by atoms with Gasteiger partial charge < -0.3 is 15.3 Å². The Bertz CT molecular complexity index is 538. The van der Waals surface area contributed by atoms with Crippen molar-refractivity contribution in [3.63, 3.8) is 0 Å². The van der Waals surface area contributed by atoms with Crippen molar-refractivity contribution < 1.29 is 14.7 Å². The van der Waals surface area contributed by atoms with Gasteiger partial charge >= 0.3 is 12.0 Å². The lowest BCUT2D eigenvalue weighted by molar-refractivity contribution is -0.137. The van der Waals surface area contributed by atoms with Crippen LogP contribution in [0.15, 0.2) is 25.6 Å². The van der Waals surface area contributed by atoms with Gasteiger partial charge in [-0.25, -0.2) is 4.79 Å². The van der Waals surface area contributed by atoms with Crippen molar-refractivity contribution in [3.8, 4) is 0 Å². The summed E-state index contributed by atoms with van der Waals surface area (Å²) in [5.41, 5.74) is 0.578. The maximum absolute atomic E-state index is 12.2. The molecule has 1 aromatic carbocycles. The number of nitrogens with one attached hydrogen (secondary N) is 1. The van der Waals surface area contributed by atoms with Crippen LogP contribution in [0.1, 0.15) is 12.8 Å². The summed E-state index contributed by atoms with van der Waals surface area (Å²) in [4.78, 5) is 24.4. The fraction of sp³-hybridized carbons (Fsp3) is 0.333. The maximum atomic E-state index is 12.2. The molecule has 0 bridgehead atoms. The van der Waals surface area contributed by atoms with Gasteiger partial charge in [0, 0.05) is 19.5 Å². The topological polar surface area (TPSA) is 69.6 Å². The van der Waals surface area contributed by atoms with E-state index in [9.17, 15) is 9.59 Å². The number of carbonyl (C=O) groups is 2. The first-order chi connectivity index (χ1) is 9.38. The summed E-state index contributed by atoms with van der Waals surface area (Å²) in [6.45, 7) is -0.289. The lowest BCUT2D eigenvalue weighted by atomic mass is 10.3. The van der Waals surface area contributed by atoms with Crippen molar-refractivity contribution in [2.75, 3.05) is 11.9 Å². The van der Waals surface area contributed by atoms with E-state index in [0.717, 1.165) is 17.3 Å². The van der Waals surface area contributed by atoms with Crippen LogP contribution in [0.2, 0.25) is 0 Å². The van der Waals surface area contributed by atoms with Crippen LogP contribution in [0.3, 0.4) is 0 Å². The molecule has 0 unspecified atom stereocenters. The Labute approximate surface area is 141 Å². The molecule has 1 saturated carbocycles. The van der Waals surface area contributed by atoms with Crippen molar-refractivity contribution in [3.05, 3.63) is 25.6 Å². The van der Waals surface area contributed by atoms with Gasteiger partial charge in [-0.1, -0.05) is 15.9 Å². The molecule has 2 N–H and O–H groups in total. The summed E-state index contributed by atoms with van der Waals surface area (Å²) in [6.07, 6.45) is 1.70. The standard InChI is InChI=1S/C12H11Br3N2O3/c13-6-3-8(14)11(9(15)4-6)16-12(20)17(5-10(18)19)7-1-2-7/h3-4,7H,1-2,5H2,(H,16,20)(H,18,19). The minimum Gasteiger partial charge on any atom is -0.480 e. The molecular weight excluding hydrogens is 460 g/mol. The Balaban J connectivity index is 2.16. The molecule has 0 radical (unpaired) electrons. The van der Waals surface area contributed by atoms with Gasteiger partial charge in [0.15, 0.2) is 0 Å². The number of aliphatic carboxylic acids is 1. The zero-order valence-electron chi connectivity index (χ0n) is 10.2. The Hall–Kier alpha value is -0.600. The van der Waals surface area contributed by atoms with Crippen molar-refractivity contribution >= 4 is 65.5 Å². The lowest BCUT2D eigenvalue weighted by Crippen LogP contribution is -2.40. The quantitative estimate of drug-likeness (QED) is 0.697. The van der Waals surface area contributed by atoms with E-state index in [1.54, 1.807) is 12.1 Å². The van der Waals surface area contributed by atoms with E-state index in [1.165, 1.54) is 4.90 Å². The summed E-state index contributed by atoms with van der Waals surface area (Å²) in [6, 6.07) is 3.23. The van der Waals surface area contributed by atoms with Crippen molar-refractivity contribution in [2.24, 2.45) is 0 Å². The highest BCUT2D eigenvalue weighted by Gasteiger charge is 2.34. The van der Waals surface area contributed by atoms with Gasteiger partial charge in [-0.2, -0.15) is 0 Å². The van der Waals surface area contributed by atoms with E-state index in [2.05, 4.69) is 53.1 Å². The highest BCUT2D eigenvalue weighted by molar-refractivity contribution is 9.11. The van der Waals surface area contributed by atoms with Gasteiger partial charge in [0.25, 0.3) is 0 Å². The van der Waals surface area contributed by atoms with E-state index >= 15 is 0 Å². The molecule has 0 aliphatic heterocycles. The van der Waals surface area contributed by atoms with Gasteiger partial charge in [0.05, 0.1) is 5.69 Å². The fourth-order valence-electron chi connectivity index (χ4n) is 1.74. The first-order valence-corrected chi connectivity index (χ1v) is 8.20. The molecule has 0 atom stereocenters. The highest BCUT2D eigenvalue weighted by Crippen LogP contribution is 2.35. The summed E-state index contributed by atoms with van der Waals surface area (Å²) >= 11 is 10.1. The van der Waals surface area contributed by atoms with Crippen LogP contribution in [-0.2, 0) is 4.79 Å². The Morgan fingerprint density at radius 1 is 1.25 bits per heavy atom. The molecule has 108 valence electrons. The van der Waals surface area contributed by atoms with Crippen LogP contribution in [0.5, 0.6) is 0 Å². The molecule has 0 heterocycles. The Morgan fingerprint density at radius 3 is 2.25 bits per heavy atom. The van der Waals surface area contributed by atoms with Crippen LogP contribution < -0.4 is 5.32 Å². The molecule has 8 heteroatoms. The average Bonchev–Trinajstić information content (AvgIpc) is 3.14. The summed E-state index contributed by atoms with van der Waals surface area (Å²) in [5.74, 6) is -1.01. The zero-order valence-corrected chi connectivity index (χ0v) is 15.0. The van der Waals surface area contributed by atoms with E-state index in [0.29, 0.717) is 14.6 Å². The van der Waals surface area contributed by atoms with Crippen molar-refractivity contribution in [2.45, 2.75) is 18.9 Å².